The number of rotatable bonds is 3. The van der Waals surface area contributed by atoms with Crippen LogP contribution in [0.15, 0.2) is 11.4 Å². The summed E-state index contributed by atoms with van der Waals surface area (Å²) in [5, 5.41) is 14.1. The Hall–Kier alpha value is -1.87. The minimum atomic E-state index is -0.299. The highest BCUT2D eigenvalue weighted by atomic mass is 32.1. The van der Waals surface area contributed by atoms with Gasteiger partial charge in [0.2, 0.25) is 11.8 Å². The summed E-state index contributed by atoms with van der Waals surface area (Å²) >= 11 is 1.34. The van der Waals surface area contributed by atoms with Gasteiger partial charge in [-0.05, 0) is 24.3 Å². The zero-order valence-electron chi connectivity index (χ0n) is 11.7. The van der Waals surface area contributed by atoms with Crippen molar-refractivity contribution in [3.8, 4) is 6.07 Å². The van der Waals surface area contributed by atoms with Crippen LogP contribution in [0.25, 0.3) is 0 Å². The summed E-state index contributed by atoms with van der Waals surface area (Å²) in [4.78, 5) is 26.3. The third kappa shape index (κ3) is 2.79. The van der Waals surface area contributed by atoms with Crippen LogP contribution < -0.4 is 5.32 Å². The first kappa shape index (κ1) is 14.1. The molecule has 0 bridgehead atoms. The fraction of sp³-hybridized carbons (Fsp3) is 0.533. The molecule has 2 amide bonds. The maximum atomic E-state index is 12.3. The molecule has 0 radical (unpaired) electrons. The molecule has 5 nitrogen and oxygen atoms in total. The summed E-state index contributed by atoms with van der Waals surface area (Å²) in [6, 6.07) is 4.06. The number of amides is 2. The second kappa shape index (κ2) is 5.86. The van der Waals surface area contributed by atoms with Gasteiger partial charge in [0.05, 0.1) is 11.5 Å². The van der Waals surface area contributed by atoms with Crippen molar-refractivity contribution >= 4 is 28.2 Å². The Morgan fingerprint density at radius 2 is 2.19 bits per heavy atom. The molecule has 2 aliphatic rings. The lowest BCUT2D eigenvalue weighted by Gasteiger charge is -2.23. The van der Waals surface area contributed by atoms with E-state index in [9.17, 15) is 9.59 Å². The first-order chi connectivity index (χ1) is 10.2. The molecule has 0 aromatic carbocycles. The zero-order valence-corrected chi connectivity index (χ0v) is 12.5. The second-order valence-electron chi connectivity index (χ2n) is 5.65. The van der Waals surface area contributed by atoms with E-state index in [1.165, 1.54) is 24.2 Å². The molecule has 1 saturated heterocycles. The largest absolute Gasteiger partial charge is 0.339 e. The van der Waals surface area contributed by atoms with E-state index in [1.54, 1.807) is 11.4 Å². The zero-order chi connectivity index (χ0) is 14.8. The van der Waals surface area contributed by atoms with Crippen molar-refractivity contribution in [1.82, 2.24) is 4.90 Å². The third-order valence-electron chi connectivity index (χ3n) is 4.32. The topological polar surface area (TPSA) is 73.2 Å². The molecule has 1 aromatic heterocycles. The van der Waals surface area contributed by atoms with Gasteiger partial charge in [-0.15, -0.1) is 11.3 Å². The molecule has 2 heterocycles. The molecular weight excluding hydrogens is 286 g/mol. The summed E-state index contributed by atoms with van der Waals surface area (Å²) in [5.41, 5.74) is 0.477. The number of nitrogens with one attached hydrogen (secondary N) is 1. The number of hydrogen-bond donors (Lipinski definition) is 1. The normalized spacial score (nSPS) is 22.5. The average Bonchev–Trinajstić information content (AvgIpc) is 3.17. The van der Waals surface area contributed by atoms with Gasteiger partial charge in [-0.3, -0.25) is 9.59 Å². The molecule has 0 spiro atoms. The molecule has 1 aliphatic carbocycles. The number of thiophene rings is 1. The van der Waals surface area contributed by atoms with E-state index < -0.39 is 0 Å². The van der Waals surface area contributed by atoms with E-state index in [1.807, 2.05) is 4.90 Å². The first-order valence-corrected chi connectivity index (χ1v) is 8.15. The van der Waals surface area contributed by atoms with Crippen molar-refractivity contribution in [1.29, 1.82) is 5.26 Å². The van der Waals surface area contributed by atoms with Crippen LogP contribution in [0, 0.1) is 17.2 Å². The number of anilines is 1. The molecule has 3 rings (SSSR count). The molecular formula is C15H17N3O2S. The Morgan fingerprint density at radius 1 is 1.43 bits per heavy atom. The predicted octanol–water partition coefficient (Wildman–Crippen LogP) is 2.35. The Balaban J connectivity index is 1.64. The molecule has 6 heteroatoms. The van der Waals surface area contributed by atoms with Crippen LogP contribution in [0.1, 0.15) is 37.7 Å². The van der Waals surface area contributed by atoms with Crippen LogP contribution in [0.4, 0.5) is 5.00 Å². The number of nitriles is 1. The minimum Gasteiger partial charge on any atom is -0.339 e. The molecule has 1 saturated carbocycles. The fourth-order valence-electron chi connectivity index (χ4n) is 3.18. The fourth-order valence-corrected chi connectivity index (χ4v) is 3.92. The highest BCUT2D eigenvalue weighted by molar-refractivity contribution is 7.14. The Labute approximate surface area is 127 Å². The van der Waals surface area contributed by atoms with Gasteiger partial charge in [0.25, 0.3) is 0 Å². The van der Waals surface area contributed by atoms with Crippen molar-refractivity contribution in [2.45, 2.75) is 38.1 Å². The second-order valence-corrected chi connectivity index (χ2v) is 6.57. The number of hydrogen-bond acceptors (Lipinski definition) is 4. The van der Waals surface area contributed by atoms with Crippen molar-refractivity contribution < 1.29 is 9.59 Å². The number of carbonyl (C=O) groups is 2. The Bertz CT molecular complexity index is 598. The molecule has 1 N–H and O–H groups in total. The number of nitrogens with zero attached hydrogens (tertiary/aromatic N) is 2. The van der Waals surface area contributed by atoms with Crippen molar-refractivity contribution in [3.63, 3.8) is 0 Å². The highest BCUT2D eigenvalue weighted by Crippen LogP contribution is 2.30. The van der Waals surface area contributed by atoms with Crippen LogP contribution in [-0.2, 0) is 9.59 Å². The van der Waals surface area contributed by atoms with E-state index >= 15 is 0 Å². The molecule has 110 valence electrons. The van der Waals surface area contributed by atoms with Crippen LogP contribution >= 0.6 is 11.3 Å². The maximum absolute atomic E-state index is 12.3. The first-order valence-electron chi connectivity index (χ1n) is 7.27. The van der Waals surface area contributed by atoms with Crippen LogP contribution in [0.3, 0.4) is 0 Å². The molecule has 1 aromatic rings. The summed E-state index contributed by atoms with van der Waals surface area (Å²) in [5.74, 6) is -0.358. The van der Waals surface area contributed by atoms with E-state index in [0.29, 0.717) is 23.2 Å². The van der Waals surface area contributed by atoms with E-state index in [4.69, 9.17) is 5.26 Å². The average molecular weight is 303 g/mol. The lowest BCUT2D eigenvalue weighted by atomic mass is 10.1. The van der Waals surface area contributed by atoms with Crippen LogP contribution in [0.5, 0.6) is 0 Å². The highest BCUT2D eigenvalue weighted by Gasteiger charge is 2.38. The molecule has 1 atom stereocenters. The summed E-state index contributed by atoms with van der Waals surface area (Å²) in [7, 11) is 0. The summed E-state index contributed by atoms with van der Waals surface area (Å²) in [6.07, 6.45) is 4.75. The van der Waals surface area contributed by atoms with Crippen LogP contribution in [0.2, 0.25) is 0 Å². The van der Waals surface area contributed by atoms with Gasteiger partial charge in [-0.25, -0.2) is 0 Å². The predicted molar refractivity (Wildman–Crippen MR) is 79.7 cm³/mol. The van der Waals surface area contributed by atoms with Gasteiger partial charge in [0, 0.05) is 19.0 Å². The Kier molecular flexibility index (Phi) is 3.93. The quantitative estimate of drug-likeness (QED) is 0.931. The van der Waals surface area contributed by atoms with E-state index in [2.05, 4.69) is 11.4 Å². The van der Waals surface area contributed by atoms with E-state index in [-0.39, 0.29) is 24.2 Å². The van der Waals surface area contributed by atoms with Crippen molar-refractivity contribution in [2.24, 2.45) is 5.92 Å². The summed E-state index contributed by atoms with van der Waals surface area (Å²) < 4.78 is 0. The third-order valence-corrected chi connectivity index (χ3v) is 5.15. The van der Waals surface area contributed by atoms with Crippen molar-refractivity contribution in [2.75, 3.05) is 11.9 Å². The Morgan fingerprint density at radius 3 is 2.90 bits per heavy atom. The van der Waals surface area contributed by atoms with Gasteiger partial charge < -0.3 is 10.2 Å². The van der Waals surface area contributed by atoms with Gasteiger partial charge in [0.1, 0.15) is 11.1 Å². The molecule has 1 aliphatic heterocycles. The monoisotopic (exact) mass is 303 g/mol. The summed E-state index contributed by atoms with van der Waals surface area (Å²) in [6.45, 7) is 0.516. The van der Waals surface area contributed by atoms with E-state index in [0.717, 1.165) is 12.8 Å². The van der Waals surface area contributed by atoms with Gasteiger partial charge in [-0.1, -0.05) is 12.8 Å². The number of likely N-dealkylation sites (tertiary alicyclic amines) is 1. The SMILES string of the molecule is N#Cc1ccsc1NC(=O)[C@H]1CC(=O)N(C2CCCC2)C1. The van der Waals surface area contributed by atoms with Crippen LogP contribution in [-0.4, -0.2) is 29.3 Å². The van der Waals surface area contributed by atoms with Gasteiger partial charge >= 0.3 is 0 Å². The van der Waals surface area contributed by atoms with Crippen molar-refractivity contribution in [3.05, 3.63) is 17.0 Å². The minimum absolute atomic E-state index is 0.0914. The lowest BCUT2D eigenvalue weighted by molar-refractivity contribution is -0.129. The molecule has 0 unspecified atom stereocenters. The maximum Gasteiger partial charge on any atom is 0.230 e. The standard InChI is InChI=1S/C15H17N3O2S/c16-8-10-5-6-21-15(10)17-14(20)11-7-13(19)18(9-11)12-3-1-2-4-12/h5-6,11-12H,1-4,7,9H2,(H,17,20)/t11-/m0/s1. The molecule has 2 fully saturated rings. The number of carbonyl (C=O) groups excluding carboxylic acids is 2. The smallest absolute Gasteiger partial charge is 0.230 e. The van der Waals surface area contributed by atoms with Gasteiger partial charge in [-0.2, -0.15) is 5.26 Å². The van der Waals surface area contributed by atoms with Gasteiger partial charge in [0.15, 0.2) is 0 Å². The molecule has 21 heavy (non-hydrogen) atoms. The lowest BCUT2D eigenvalue weighted by Crippen LogP contribution is -2.35.